The van der Waals surface area contributed by atoms with E-state index < -0.39 is 0 Å². The Kier molecular flexibility index (Phi) is 5.38. The molecule has 3 heterocycles. The van der Waals surface area contributed by atoms with Crippen molar-refractivity contribution in [1.29, 1.82) is 0 Å². The zero-order valence-corrected chi connectivity index (χ0v) is 15.8. The summed E-state index contributed by atoms with van der Waals surface area (Å²) in [7, 11) is 0. The molecule has 1 fully saturated rings. The van der Waals surface area contributed by atoms with Gasteiger partial charge in [-0.2, -0.15) is 0 Å². The number of nitrogens with zero attached hydrogens (tertiary/aromatic N) is 1. The fraction of sp³-hybridized carbons (Fsp3) is 0.400. The van der Waals surface area contributed by atoms with Crippen LogP contribution in [0.15, 0.2) is 37.1 Å². The largest absolute Gasteiger partial charge is 0.468 e. The predicted octanol–water partition coefficient (Wildman–Crippen LogP) is 4.43. The van der Waals surface area contributed by atoms with Crippen molar-refractivity contribution >= 4 is 49.1 Å². The first kappa shape index (κ1) is 16.2. The Morgan fingerprint density at radius 1 is 1.41 bits per heavy atom. The number of likely N-dealkylation sites (tertiary alicyclic amines) is 1. The van der Waals surface area contributed by atoms with Crippen LogP contribution in [0.25, 0.3) is 0 Å². The van der Waals surface area contributed by atoms with Crippen molar-refractivity contribution in [1.82, 2.24) is 10.2 Å². The van der Waals surface area contributed by atoms with E-state index in [1.165, 1.54) is 24.2 Å². The summed E-state index contributed by atoms with van der Waals surface area (Å²) in [4.78, 5) is 15.4. The summed E-state index contributed by atoms with van der Waals surface area (Å²) in [6.07, 6.45) is 4.10. The number of carbonyl (C=O) groups is 1. The van der Waals surface area contributed by atoms with E-state index in [9.17, 15) is 4.79 Å². The maximum absolute atomic E-state index is 12.3. The summed E-state index contributed by atoms with van der Waals surface area (Å²) in [6, 6.07) is 5.82. The molecule has 1 N–H and O–H groups in total. The summed E-state index contributed by atoms with van der Waals surface area (Å²) in [5.41, 5.74) is 0. The van der Waals surface area contributed by atoms with E-state index in [0.29, 0.717) is 11.4 Å². The highest BCUT2D eigenvalue weighted by Gasteiger charge is 2.26. The second-order valence-electron chi connectivity index (χ2n) is 5.22. The zero-order chi connectivity index (χ0) is 15.5. The summed E-state index contributed by atoms with van der Waals surface area (Å²) in [5, 5.41) is 3.03. The quantitative estimate of drug-likeness (QED) is 0.737. The third-order valence-electron chi connectivity index (χ3n) is 3.78. The van der Waals surface area contributed by atoms with Crippen LogP contribution in [0.5, 0.6) is 0 Å². The van der Waals surface area contributed by atoms with Crippen molar-refractivity contribution in [2.24, 2.45) is 0 Å². The van der Waals surface area contributed by atoms with Crippen molar-refractivity contribution in [3.05, 3.63) is 43.4 Å². The maximum Gasteiger partial charge on any atom is 0.261 e. The molecule has 1 atom stereocenters. The van der Waals surface area contributed by atoms with Crippen molar-refractivity contribution in [2.75, 3.05) is 19.6 Å². The molecule has 1 saturated heterocycles. The average molecular weight is 448 g/mol. The normalized spacial score (nSPS) is 16.8. The second-order valence-corrected chi connectivity index (χ2v) is 8.44. The van der Waals surface area contributed by atoms with Gasteiger partial charge in [0.05, 0.1) is 21.0 Å². The number of halogens is 2. The molecule has 1 aliphatic heterocycles. The lowest BCUT2D eigenvalue weighted by Gasteiger charge is -2.25. The third-order valence-corrected chi connectivity index (χ3v) is 7.03. The Bertz CT molecular complexity index is 617. The van der Waals surface area contributed by atoms with Gasteiger partial charge in [-0.05, 0) is 76.0 Å². The molecule has 0 unspecified atom stereocenters. The molecule has 22 heavy (non-hydrogen) atoms. The number of thiophene rings is 1. The molecular formula is C15H16Br2N2O2S. The molecule has 0 aliphatic carbocycles. The van der Waals surface area contributed by atoms with Crippen LogP contribution in [0.2, 0.25) is 0 Å². The van der Waals surface area contributed by atoms with E-state index in [0.717, 1.165) is 27.1 Å². The summed E-state index contributed by atoms with van der Waals surface area (Å²) in [6.45, 7) is 2.66. The Balaban J connectivity index is 1.67. The third kappa shape index (κ3) is 3.64. The van der Waals surface area contributed by atoms with E-state index >= 15 is 0 Å². The molecule has 1 aliphatic rings. The van der Waals surface area contributed by atoms with E-state index in [4.69, 9.17) is 4.42 Å². The maximum atomic E-state index is 12.3. The highest BCUT2D eigenvalue weighted by atomic mass is 79.9. The summed E-state index contributed by atoms with van der Waals surface area (Å²) in [5.74, 6) is 0.864. The second kappa shape index (κ2) is 7.29. The summed E-state index contributed by atoms with van der Waals surface area (Å²) < 4.78 is 7.40. The average Bonchev–Trinajstić information content (AvgIpc) is 3.23. The summed E-state index contributed by atoms with van der Waals surface area (Å²) >= 11 is 8.25. The van der Waals surface area contributed by atoms with Gasteiger partial charge in [0.15, 0.2) is 0 Å². The van der Waals surface area contributed by atoms with E-state index in [-0.39, 0.29) is 11.9 Å². The fourth-order valence-corrected chi connectivity index (χ4v) is 4.63. The lowest BCUT2D eigenvalue weighted by atomic mass is 10.2. The monoisotopic (exact) mass is 446 g/mol. The number of rotatable bonds is 5. The standard InChI is InChI=1S/C15H16Br2N2O2S/c16-10-8-13(22-14(10)17)15(20)18-9-11(12-4-3-7-21-12)19-5-1-2-6-19/h3-4,7-8,11H,1-2,5-6,9H2,(H,18,20)/t11-/m1/s1. The molecule has 0 bridgehead atoms. The molecule has 1 amide bonds. The topological polar surface area (TPSA) is 45.5 Å². The van der Waals surface area contributed by atoms with Crippen LogP contribution in [-0.4, -0.2) is 30.4 Å². The minimum absolute atomic E-state index is 0.0489. The van der Waals surface area contributed by atoms with Crippen LogP contribution < -0.4 is 5.32 Å². The molecule has 7 heteroatoms. The first-order chi connectivity index (χ1) is 10.6. The van der Waals surface area contributed by atoms with E-state index in [2.05, 4.69) is 42.1 Å². The van der Waals surface area contributed by atoms with E-state index in [1.807, 2.05) is 18.2 Å². The first-order valence-corrected chi connectivity index (χ1v) is 9.56. The van der Waals surface area contributed by atoms with Gasteiger partial charge in [0.2, 0.25) is 0 Å². The lowest BCUT2D eigenvalue weighted by Crippen LogP contribution is -2.36. The van der Waals surface area contributed by atoms with Gasteiger partial charge in [-0.25, -0.2) is 0 Å². The number of carbonyl (C=O) groups excluding carboxylic acids is 1. The lowest BCUT2D eigenvalue weighted by molar-refractivity contribution is 0.0938. The van der Waals surface area contributed by atoms with Crippen LogP contribution in [0.3, 0.4) is 0 Å². The molecule has 2 aromatic heterocycles. The molecule has 3 rings (SSSR count). The molecule has 0 aromatic carbocycles. The van der Waals surface area contributed by atoms with Gasteiger partial charge in [-0.3, -0.25) is 9.69 Å². The van der Waals surface area contributed by atoms with E-state index in [1.54, 1.807) is 6.26 Å². The van der Waals surface area contributed by atoms with Crippen molar-refractivity contribution < 1.29 is 9.21 Å². The number of furan rings is 1. The van der Waals surface area contributed by atoms with Gasteiger partial charge in [0.1, 0.15) is 5.76 Å². The van der Waals surface area contributed by atoms with Crippen molar-refractivity contribution in [3.8, 4) is 0 Å². The van der Waals surface area contributed by atoms with Crippen molar-refractivity contribution in [3.63, 3.8) is 0 Å². The molecule has 0 spiro atoms. The molecule has 0 radical (unpaired) electrons. The Labute approximate surface area is 150 Å². The molecule has 0 saturated carbocycles. The van der Waals surface area contributed by atoms with Gasteiger partial charge in [0, 0.05) is 11.0 Å². The van der Waals surface area contributed by atoms with Crippen LogP contribution in [0, 0.1) is 0 Å². The highest BCUT2D eigenvalue weighted by molar-refractivity contribution is 9.13. The van der Waals surface area contributed by atoms with Crippen molar-refractivity contribution in [2.45, 2.75) is 18.9 Å². The molecular weight excluding hydrogens is 432 g/mol. The SMILES string of the molecule is O=C(NC[C@H](c1ccco1)N1CCCC1)c1cc(Br)c(Br)s1. The van der Waals surface area contributed by atoms with Crippen LogP contribution in [-0.2, 0) is 0 Å². The Hall–Kier alpha value is -0.630. The fourth-order valence-electron chi connectivity index (χ4n) is 2.68. The number of hydrogen-bond donors (Lipinski definition) is 1. The smallest absolute Gasteiger partial charge is 0.261 e. The molecule has 4 nitrogen and oxygen atoms in total. The van der Waals surface area contributed by atoms with Gasteiger partial charge >= 0.3 is 0 Å². The minimum atomic E-state index is -0.0489. The number of hydrogen-bond acceptors (Lipinski definition) is 4. The molecule has 2 aromatic rings. The minimum Gasteiger partial charge on any atom is -0.468 e. The molecule has 118 valence electrons. The van der Waals surface area contributed by atoms with Crippen LogP contribution >= 0.6 is 43.2 Å². The Morgan fingerprint density at radius 3 is 2.77 bits per heavy atom. The Morgan fingerprint density at radius 2 is 2.18 bits per heavy atom. The van der Waals surface area contributed by atoms with Gasteiger partial charge in [-0.15, -0.1) is 11.3 Å². The predicted molar refractivity (Wildman–Crippen MR) is 94.3 cm³/mol. The van der Waals surface area contributed by atoms with Gasteiger partial charge in [-0.1, -0.05) is 0 Å². The highest BCUT2D eigenvalue weighted by Crippen LogP contribution is 2.32. The zero-order valence-electron chi connectivity index (χ0n) is 11.9. The first-order valence-electron chi connectivity index (χ1n) is 7.15. The van der Waals surface area contributed by atoms with Gasteiger partial charge < -0.3 is 9.73 Å². The van der Waals surface area contributed by atoms with Gasteiger partial charge in [0.25, 0.3) is 5.91 Å². The number of amides is 1. The number of nitrogens with one attached hydrogen (secondary N) is 1. The van der Waals surface area contributed by atoms with Crippen LogP contribution in [0.4, 0.5) is 0 Å². The van der Waals surface area contributed by atoms with Crippen LogP contribution in [0.1, 0.15) is 34.3 Å².